The van der Waals surface area contributed by atoms with E-state index in [1.54, 1.807) is 16.2 Å². The van der Waals surface area contributed by atoms with Gasteiger partial charge in [-0.15, -0.1) is 23.7 Å². The second-order valence-corrected chi connectivity index (χ2v) is 5.24. The van der Waals surface area contributed by atoms with E-state index in [2.05, 4.69) is 16.3 Å². The van der Waals surface area contributed by atoms with E-state index in [0.29, 0.717) is 18.9 Å². The molecule has 3 nitrogen and oxygen atoms in total. The number of carbonyl (C=O) groups excluding carboxylic acids is 1. The minimum absolute atomic E-state index is 0.0563. The van der Waals surface area contributed by atoms with Gasteiger partial charge < -0.3 is 0 Å². The van der Waals surface area contributed by atoms with Gasteiger partial charge in [-0.1, -0.05) is 0 Å². The number of nitrogens with zero attached hydrogens (tertiary/aromatic N) is 2. The van der Waals surface area contributed by atoms with Crippen LogP contribution in [0.5, 0.6) is 0 Å². The molecule has 0 bridgehead atoms. The molecule has 0 radical (unpaired) electrons. The normalized spacial score (nSPS) is 24.8. The molecule has 82 valence electrons. The van der Waals surface area contributed by atoms with Crippen LogP contribution in [0.25, 0.3) is 0 Å². The molecule has 1 aliphatic carbocycles. The lowest BCUT2D eigenvalue weighted by Gasteiger charge is -2.10. The topological polar surface area (TPSA) is 33.2 Å². The highest BCUT2D eigenvalue weighted by Crippen LogP contribution is 2.41. The zero-order valence-electron chi connectivity index (χ0n) is 8.85. The number of hydrogen-bond donors (Lipinski definition) is 0. The maximum Gasteiger partial charge on any atom is 0.230 e. The molecule has 3 rings (SSSR count). The molecule has 1 unspecified atom stereocenters. The van der Waals surface area contributed by atoms with Gasteiger partial charge in [-0.05, 0) is 12.8 Å². The third kappa shape index (κ3) is 1.61. The fraction of sp³-hybridized carbons (Fsp3) is 0.500. The van der Waals surface area contributed by atoms with Crippen LogP contribution in [0.15, 0.2) is 5.38 Å². The van der Waals surface area contributed by atoms with E-state index in [-0.39, 0.29) is 11.8 Å². The van der Waals surface area contributed by atoms with Crippen LogP contribution in [0.2, 0.25) is 0 Å². The van der Waals surface area contributed by atoms with E-state index in [0.717, 1.165) is 10.8 Å². The number of thiazole rings is 1. The second-order valence-electron chi connectivity index (χ2n) is 4.40. The summed E-state index contributed by atoms with van der Waals surface area (Å²) in [6, 6.07) is 0. The lowest BCUT2D eigenvalue weighted by Crippen LogP contribution is -2.24. The van der Waals surface area contributed by atoms with Crippen molar-refractivity contribution >= 4 is 22.4 Å². The highest BCUT2D eigenvalue weighted by molar-refractivity contribution is 7.14. The van der Waals surface area contributed by atoms with Crippen LogP contribution >= 0.6 is 11.3 Å². The Morgan fingerprint density at radius 2 is 2.38 bits per heavy atom. The summed E-state index contributed by atoms with van der Waals surface area (Å²) >= 11 is 1.56. The summed E-state index contributed by atoms with van der Waals surface area (Å²) in [5.41, 5.74) is 1.15. The van der Waals surface area contributed by atoms with E-state index in [4.69, 9.17) is 6.42 Å². The van der Waals surface area contributed by atoms with Crippen molar-refractivity contribution in [3.05, 3.63) is 11.1 Å². The van der Waals surface area contributed by atoms with Crippen molar-refractivity contribution in [3.63, 3.8) is 0 Å². The number of aromatic nitrogens is 1. The third-order valence-electron chi connectivity index (χ3n) is 3.10. The van der Waals surface area contributed by atoms with Crippen molar-refractivity contribution in [2.75, 3.05) is 11.4 Å². The number of carbonyl (C=O) groups is 1. The van der Waals surface area contributed by atoms with Crippen LogP contribution < -0.4 is 4.90 Å². The monoisotopic (exact) mass is 232 g/mol. The molecule has 16 heavy (non-hydrogen) atoms. The Hall–Kier alpha value is -1.34. The standard InChI is InChI=1S/C12H12N2OS/c1-2-8-5-11(15)14(6-8)12-13-10(7-16-12)9-3-4-9/h1,7-9H,3-6H2. The Labute approximate surface area is 98.5 Å². The van der Waals surface area contributed by atoms with Crippen molar-refractivity contribution in [1.82, 2.24) is 4.98 Å². The molecule has 1 atom stereocenters. The summed E-state index contributed by atoms with van der Waals surface area (Å²) < 4.78 is 0. The first-order chi connectivity index (χ1) is 7.78. The Bertz CT molecular complexity index is 470. The zero-order chi connectivity index (χ0) is 11.1. The minimum atomic E-state index is 0.0563. The van der Waals surface area contributed by atoms with Crippen molar-refractivity contribution in [3.8, 4) is 12.3 Å². The molecular weight excluding hydrogens is 220 g/mol. The minimum Gasteiger partial charge on any atom is -0.287 e. The van der Waals surface area contributed by atoms with Crippen LogP contribution in [-0.2, 0) is 4.79 Å². The average Bonchev–Trinajstić information content (AvgIpc) is 2.89. The summed E-state index contributed by atoms with van der Waals surface area (Å²) in [6.07, 6.45) is 8.30. The van der Waals surface area contributed by atoms with E-state index >= 15 is 0 Å². The molecule has 1 aromatic rings. The predicted molar refractivity (Wildman–Crippen MR) is 63.4 cm³/mol. The van der Waals surface area contributed by atoms with E-state index in [1.807, 2.05) is 0 Å². The molecule has 1 aromatic heterocycles. The quantitative estimate of drug-likeness (QED) is 0.731. The average molecular weight is 232 g/mol. The van der Waals surface area contributed by atoms with Crippen LogP contribution in [0, 0.1) is 18.3 Å². The van der Waals surface area contributed by atoms with Crippen molar-refractivity contribution in [1.29, 1.82) is 0 Å². The van der Waals surface area contributed by atoms with Crippen molar-refractivity contribution < 1.29 is 4.79 Å². The molecular formula is C12H12N2OS. The zero-order valence-corrected chi connectivity index (χ0v) is 9.67. The largest absolute Gasteiger partial charge is 0.287 e. The molecule has 2 heterocycles. The van der Waals surface area contributed by atoms with Gasteiger partial charge in [0.05, 0.1) is 5.69 Å². The van der Waals surface area contributed by atoms with Gasteiger partial charge in [0.1, 0.15) is 0 Å². The Morgan fingerprint density at radius 3 is 3.00 bits per heavy atom. The number of rotatable bonds is 2. The van der Waals surface area contributed by atoms with Gasteiger partial charge >= 0.3 is 0 Å². The van der Waals surface area contributed by atoms with Gasteiger partial charge in [0.2, 0.25) is 5.91 Å². The molecule has 0 spiro atoms. The van der Waals surface area contributed by atoms with Gasteiger partial charge in [-0.2, -0.15) is 0 Å². The number of amides is 1. The first-order valence-electron chi connectivity index (χ1n) is 5.50. The lowest BCUT2D eigenvalue weighted by molar-refractivity contribution is -0.117. The lowest BCUT2D eigenvalue weighted by atomic mass is 10.1. The van der Waals surface area contributed by atoms with E-state index in [1.165, 1.54) is 12.8 Å². The van der Waals surface area contributed by atoms with Crippen LogP contribution in [0.4, 0.5) is 5.13 Å². The highest BCUT2D eigenvalue weighted by Gasteiger charge is 2.33. The summed E-state index contributed by atoms with van der Waals surface area (Å²) in [5.74, 6) is 3.46. The molecule has 2 aliphatic rings. The highest BCUT2D eigenvalue weighted by atomic mass is 32.1. The number of anilines is 1. The molecule has 4 heteroatoms. The molecule has 1 saturated carbocycles. The first kappa shape index (κ1) is 9.86. The fourth-order valence-electron chi connectivity index (χ4n) is 1.97. The summed E-state index contributed by atoms with van der Waals surface area (Å²) in [4.78, 5) is 18.0. The molecule has 1 amide bonds. The van der Waals surface area contributed by atoms with E-state index < -0.39 is 0 Å². The van der Waals surface area contributed by atoms with Gasteiger partial charge in [-0.3, -0.25) is 9.69 Å². The molecule has 0 N–H and O–H groups in total. The van der Waals surface area contributed by atoms with Gasteiger partial charge in [0.25, 0.3) is 0 Å². The third-order valence-corrected chi connectivity index (χ3v) is 3.98. The van der Waals surface area contributed by atoms with Gasteiger partial charge in [0, 0.05) is 30.2 Å². The maximum absolute atomic E-state index is 11.7. The molecule has 0 aromatic carbocycles. The first-order valence-corrected chi connectivity index (χ1v) is 6.38. The molecule has 1 saturated heterocycles. The summed E-state index contributed by atoms with van der Waals surface area (Å²) in [7, 11) is 0. The Balaban J connectivity index is 1.81. The van der Waals surface area contributed by atoms with E-state index in [9.17, 15) is 4.79 Å². The molecule has 1 aliphatic heterocycles. The smallest absolute Gasteiger partial charge is 0.230 e. The van der Waals surface area contributed by atoms with Crippen molar-refractivity contribution in [2.45, 2.75) is 25.2 Å². The van der Waals surface area contributed by atoms with Crippen LogP contribution in [0.3, 0.4) is 0 Å². The predicted octanol–water partition coefficient (Wildman–Crippen LogP) is 2.01. The Kier molecular flexibility index (Phi) is 2.22. The Morgan fingerprint density at radius 1 is 1.56 bits per heavy atom. The maximum atomic E-state index is 11.7. The summed E-state index contributed by atoms with van der Waals surface area (Å²) in [6.45, 7) is 0.632. The number of hydrogen-bond acceptors (Lipinski definition) is 3. The second kappa shape index (κ2) is 3.60. The van der Waals surface area contributed by atoms with Crippen molar-refractivity contribution in [2.24, 2.45) is 5.92 Å². The van der Waals surface area contributed by atoms with Crippen LogP contribution in [-0.4, -0.2) is 17.4 Å². The molecule has 2 fully saturated rings. The fourth-order valence-corrected chi connectivity index (χ4v) is 2.90. The van der Waals surface area contributed by atoms with Crippen LogP contribution in [0.1, 0.15) is 30.9 Å². The van der Waals surface area contributed by atoms with Gasteiger partial charge in [0.15, 0.2) is 5.13 Å². The van der Waals surface area contributed by atoms with Gasteiger partial charge in [-0.25, -0.2) is 4.98 Å². The number of terminal acetylenes is 1. The SMILES string of the molecule is C#CC1CC(=O)N(c2nc(C3CC3)cs2)C1. The summed E-state index contributed by atoms with van der Waals surface area (Å²) in [5, 5.41) is 2.90.